The van der Waals surface area contributed by atoms with Crippen LogP contribution in [0.25, 0.3) is 0 Å². The van der Waals surface area contributed by atoms with Gasteiger partial charge in [-0.2, -0.15) is 0 Å². The lowest BCUT2D eigenvalue weighted by Crippen LogP contribution is -1.95. The van der Waals surface area contributed by atoms with Crippen LogP contribution in [0, 0.1) is 0 Å². The SMILES string of the molecule is COc1ccc(C2=NC(c3ccc(OC)cc3)CC2)cc1. The molecule has 2 aromatic rings. The summed E-state index contributed by atoms with van der Waals surface area (Å²) in [5, 5.41) is 0. The summed E-state index contributed by atoms with van der Waals surface area (Å²) >= 11 is 0. The summed E-state index contributed by atoms with van der Waals surface area (Å²) in [4.78, 5) is 4.87. The average Bonchev–Trinajstić information content (AvgIpc) is 3.05. The van der Waals surface area contributed by atoms with Crippen molar-refractivity contribution in [2.45, 2.75) is 18.9 Å². The van der Waals surface area contributed by atoms with Crippen LogP contribution in [0.4, 0.5) is 0 Å². The number of ether oxygens (including phenoxy) is 2. The first kappa shape index (κ1) is 13.7. The van der Waals surface area contributed by atoms with Crippen LogP contribution in [0.2, 0.25) is 0 Å². The molecular weight excluding hydrogens is 262 g/mol. The molecule has 3 rings (SSSR count). The van der Waals surface area contributed by atoms with Crippen LogP contribution in [0.3, 0.4) is 0 Å². The van der Waals surface area contributed by atoms with Gasteiger partial charge >= 0.3 is 0 Å². The molecule has 21 heavy (non-hydrogen) atoms. The van der Waals surface area contributed by atoms with Gasteiger partial charge in [-0.05, 0) is 60.4 Å². The summed E-state index contributed by atoms with van der Waals surface area (Å²) in [5.41, 5.74) is 3.62. The largest absolute Gasteiger partial charge is 0.497 e. The third-order valence-corrected chi connectivity index (χ3v) is 3.89. The van der Waals surface area contributed by atoms with Crippen LogP contribution in [-0.4, -0.2) is 19.9 Å². The van der Waals surface area contributed by atoms with E-state index in [4.69, 9.17) is 14.5 Å². The van der Waals surface area contributed by atoms with Crippen molar-refractivity contribution < 1.29 is 9.47 Å². The molecule has 0 saturated carbocycles. The number of rotatable bonds is 4. The minimum absolute atomic E-state index is 0.257. The lowest BCUT2D eigenvalue weighted by Gasteiger charge is -2.07. The maximum Gasteiger partial charge on any atom is 0.118 e. The normalized spacial score (nSPS) is 17.4. The van der Waals surface area contributed by atoms with E-state index in [0.29, 0.717) is 0 Å². The van der Waals surface area contributed by atoms with Crippen LogP contribution in [0.15, 0.2) is 53.5 Å². The fraction of sp³-hybridized carbons (Fsp3) is 0.278. The molecule has 0 bridgehead atoms. The molecule has 1 heterocycles. The van der Waals surface area contributed by atoms with Gasteiger partial charge in [-0.25, -0.2) is 0 Å². The van der Waals surface area contributed by atoms with E-state index in [1.165, 1.54) is 16.8 Å². The summed E-state index contributed by atoms with van der Waals surface area (Å²) in [5.74, 6) is 1.76. The first-order chi connectivity index (χ1) is 10.3. The maximum absolute atomic E-state index is 5.20. The molecule has 0 amide bonds. The van der Waals surface area contributed by atoms with Gasteiger partial charge in [-0.3, -0.25) is 4.99 Å². The summed E-state index contributed by atoms with van der Waals surface area (Å²) in [6.45, 7) is 0. The van der Waals surface area contributed by atoms with Gasteiger partial charge in [0.2, 0.25) is 0 Å². The molecule has 2 aromatic carbocycles. The van der Waals surface area contributed by atoms with Crippen LogP contribution >= 0.6 is 0 Å². The van der Waals surface area contributed by atoms with Crippen molar-refractivity contribution in [1.82, 2.24) is 0 Å². The minimum Gasteiger partial charge on any atom is -0.497 e. The van der Waals surface area contributed by atoms with Crippen LogP contribution < -0.4 is 9.47 Å². The fourth-order valence-corrected chi connectivity index (χ4v) is 2.66. The van der Waals surface area contributed by atoms with Gasteiger partial charge in [0.1, 0.15) is 11.5 Å². The first-order valence-electron chi connectivity index (χ1n) is 7.15. The molecule has 1 unspecified atom stereocenters. The highest BCUT2D eigenvalue weighted by Crippen LogP contribution is 2.32. The second-order valence-electron chi connectivity index (χ2n) is 5.13. The van der Waals surface area contributed by atoms with Crippen molar-refractivity contribution >= 4 is 5.71 Å². The summed E-state index contributed by atoms with van der Waals surface area (Å²) < 4.78 is 10.4. The Bertz CT molecular complexity index is 629. The zero-order valence-corrected chi connectivity index (χ0v) is 12.4. The van der Waals surface area contributed by atoms with Gasteiger partial charge in [0.25, 0.3) is 0 Å². The van der Waals surface area contributed by atoms with Crippen LogP contribution in [0.5, 0.6) is 11.5 Å². The lowest BCUT2D eigenvalue weighted by molar-refractivity contribution is 0.414. The van der Waals surface area contributed by atoms with E-state index in [-0.39, 0.29) is 6.04 Å². The van der Waals surface area contributed by atoms with Crippen molar-refractivity contribution in [2.75, 3.05) is 14.2 Å². The third-order valence-electron chi connectivity index (χ3n) is 3.89. The quantitative estimate of drug-likeness (QED) is 0.847. The molecule has 1 aliphatic heterocycles. The van der Waals surface area contributed by atoms with Gasteiger partial charge < -0.3 is 9.47 Å². The highest BCUT2D eigenvalue weighted by atomic mass is 16.5. The molecule has 0 aromatic heterocycles. The van der Waals surface area contributed by atoms with E-state index >= 15 is 0 Å². The van der Waals surface area contributed by atoms with Crippen molar-refractivity contribution in [1.29, 1.82) is 0 Å². The second-order valence-corrected chi connectivity index (χ2v) is 5.13. The topological polar surface area (TPSA) is 30.8 Å². The van der Waals surface area contributed by atoms with E-state index in [9.17, 15) is 0 Å². The molecule has 0 spiro atoms. The number of nitrogens with zero attached hydrogens (tertiary/aromatic N) is 1. The molecule has 0 saturated heterocycles. The third kappa shape index (κ3) is 2.92. The predicted molar refractivity (Wildman–Crippen MR) is 84.5 cm³/mol. The monoisotopic (exact) mass is 281 g/mol. The summed E-state index contributed by atoms with van der Waals surface area (Å²) in [6, 6.07) is 16.6. The van der Waals surface area contributed by atoms with Gasteiger partial charge in [-0.1, -0.05) is 12.1 Å². The molecule has 3 heteroatoms. The molecule has 0 aliphatic carbocycles. The smallest absolute Gasteiger partial charge is 0.118 e. The van der Waals surface area contributed by atoms with E-state index in [0.717, 1.165) is 24.3 Å². The van der Waals surface area contributed by atoms with Crippen LogP contribution in [0.1, 0.15) is 30.0 Å². The molecule has 0 N–H and O–H groups in total. The number of aliphatic imine (C=N–C) groups is 1. The fourth-order valence-electron chi connectivity index (χ4n) is 2.66. The zero-order valence-electron chi connectivity index (χ0n) is 12.4. The summed E-state index contributed by atoms with van der Waals surface area (Å²) in [6.07, 6.45) is 2.08. The van der Waals surface area contributed by atoms with Gasteiger partial charge in [0.15, 0.2) is 0 Å². The average molecular weight is 281 g/mol. The molecule has 1 aliphatic rings. The lowest BCUT2D eigenvalue weighted by atomic mass is 10.0. The molecule has 1 atom stereocenters. The standard InChI is InChI=1S/C18H19NO2/c1-20-15-7-3-13(4-8-15)17-11-12-18(19-17)14-5-9-16(21-2)10-6-14/h3-10,17H,11-12H2,1-2H3. The molecule has 0 radical (unpaired) electrons. The Hall–Kier alpha value is -2.29. The number of benzene rings is 2. The molecule has 108 valence electrons. The van der Waals surface area contributed by atoms with Crippen molar-refractivity contribution in [3.63, 3.8) is 0 Å². The number of hydrogen-bond donors (Lipinski definition) is 0. The van der Waals surface area contributed by atoms with E-state index in [1.54, 1.807) is 14.2 Å². The van der Waals surface area contributed by atoms with E-state index in [2.05, 4.69) is 24.3 Å². The van der Waals surface area contributed by atoms with Gasteiger partial charge in [0, 0.05) is 5.71 Å². The van der Waals surface area contributed by atoms with E-state index in [1.807, 2.05) is 24.3 Å². The van der Waals surface area contributed by atoms with Crippen molar-refractivity contribution in [3.05, 3.63) is 59.7 Å². The molecular formula is C18H19NO2. The zero-order chi connectivity index (χ0) is 14.7. The Balaban J connectivity index is 1.79. The van der Waals surface area contributed by atoms with Gasteiger partial charge in [0.05, 0.1) is 20.3 Å². The van der Waals surface area contributed by atoms with Crippen molar-refractivity contribution in [2.24, 2.45) is 4.99 Å². The second kappa shape index (κ2) is 6.00. The minimum atomic E-state index is 0.257. The number of methoxy groups -OCH3 is 2. The Morgan fingerprint density at radius 2 is 1.43 bits per heavy atom. The highest BCUT2D eigenvalue weighted by molar-refractivity contribution is 6.01. The van der Waals surface area contributed by atoms with E-state index < -0.39 is 0 Å². The molecule has 0 fully saturated rings. The van der Waals surface area contributed by atoms with Crippen LogP contribution in [-0.2, 0) is 0 Å². The Kier molecular flexibility index (Phi) is 3.91. The maximum atomic E-state index is 5.20. The van der Waals surface area contributed by atoms with Crippen molar-refractivity contribution in [3.8, 4) is 11.5 Å². The summed E-state index contributed by atoms with van der Waals surface area (Å²) in [7, 11) is 3.37. The molecule has 3 nitrogen and oxygen atoms in total. The Morgan fingerprint density at radius 1 is 0.857 bits per heavy atom. The highest BCUT2D eigenvalue weighted by Gasteiger charge is 2.20. The Morgan fingerprint density at radius 3 is 2.00 bits per heavy atom. The predicted octanol–water partition coefficient (Wildman–Crippen LogP) is 4.03. The van der Waals surface area contributed by atoms with Gasteiger partial charge in [-0.15, -0.1) is 0 Å². The number of hydrogen-bond acceptors (Lipinski definition) is 3. The first-order valence-corrected chi connectivity index (χ1v) is 7.15. The Labute approximate surface area is 125 Å².